The molecule has 1 fully saturated rings. The smallest absolute Gasteiger partial charge is 0.227 e. The third-order valence-electron chi connectivity index (χ3n) is 4.63. The van der Waals surface area contributed by atoms with Crippen molar-refractivity contribution in [3.05, 3.63) is 11.9 Å². The molecule has 150 valence electrons. The van der Waals surface area contributed by atoms with Gasteiger partial charge in [-0.05, 0) is 26.6 Å². The highest BCUT2D eigenvalue weighted by atomic mass is 32.2. The lowest BCUT2D eigenvalue weighted by molar-refractivity contribution is 0.0363. The molecule has 0 radical (unpaired) electrons. The number of methoxy groups -OCH3 is 1. The van der Waals surface area contributed by atoms with Gasteiger partial charge in [0.1, 0.15) is 0 Å². The lowest BCUT2D eigenvalue weighted by atomic mass is 10.3. The van der Waals surface area contributed by atoms with Crippen LogP contribution >= 0.6 is 0 Å². The van der Waals surface area contributed by atoms with Crippen molar-refractivity contribution in [2.24, 2.45) is 0 Å². The fourth-order valence-corrected chi connectivity index (χ4v) is 4.08. The average Bonchev–Trinajstić information content (AvgIpc) is 3.04. The molecule has 26 heavy (non-hydrogen) atoms. The van der Waals surface area contributed by atoms with Crippen LogP contribution in [-0.2, 0) is 32.4 Å². The van der Waals surface area contributed by atoms with Gasteiger partial charge in [0.25, 0.3) is 0 Å². The van der Waals surface area contributed by atoms with Crippen LogP contribution < -0.4 is 0 Å². The fourth-order valence-electron chi connectivity index (χ4n) is 3.06. The van der Waals surface area contributed by atoms with Crippen LogP contribution in [0.2, 0.25) is 0 Å². The Morgan fingerprint density at radius 1 is 1.31 bits per heavy atom. The highest BCUT2D eigenvalue weighted by Crippen LogP contribution is 2.15. The largest absolute Gasteiger partial charge is 0.383 e. The number of aromatic nitrogens is 2. The molecule has 0 aliphatic carbocycles. The Morgan fingerprint density at radius 2 is 2.04 bits per heavy atom. The average molecular weight is 389 g/mol. The highest BCUT2D eigenvalue weighted by molar-refractivity contribution is 7.91. The molecule has 1 aliphatic rings. The Balaban J connectivity index is 1.94. The Morgan fingerprint density at radius 3 is 2.69 bits per heavy atom. The van der Waals surface area contributed by atoms with E-state index < -0.39 is 9.84 Å². The first kappa shape index (κ1) is 21.3. The number of ether oxygens (including phenoxy) is 2. The van der Waals surface area contributed by atoms with Crippen LogP contribution in [0.3, 0.4) is 0 Å². The second-order valence-corrected chi connectivity index (χ2v) is 8.80. The van der Waals surface area contributed by atoms with Gasteiger partial charge in [0.2, 0.25) is 15.0 Å². The van der Waals surface area contributed by atoms with Gasteiger partial charge in [-0.3, -0.25) is 4.90 Å². The fraction of sp³-hybridized carbons (Fsp3) is 0.824. The molecule has 1 aromatic heterocycles. The predicted octanol–water partition coefficient (Wildman–Crippen LogP) is 0.477. The lowest BCUT2D eigenvalue weighted by Gasteiger charge is -2.27. The topological polar surface area (TPSA) is 76.9 Å². The Labute approximate surface area is 157 Å². The quantitative estimate of drug-likeness (QED) is 0.546. The Hall–Kier alpha value is -1.00. The van der Waals surface area contributed by atoms with E-state index >= 15 is 0 Å². The van der Waals surface area contributed by atoms with Gasteiger partial charge < -0.3 is 18.9 Å². The molecule has 0 saturated carbocycles. The summed E-state index contributed by atoms with van der Waals surface area (Å²) in [7, 11) is 0.324. The number of rotatable bonds is 11. The van der Waals surface area contributed by atoms with Gasteiger partial charge >= 0.3 is 0 Å². The summed E-state index contributed by atoms with van der Waals surface area (Å²) in [5, 5.41) is 0.147. The third-order valence-corrected chi connectivity index (χ3v) is 6.27. The summed E-state index contributed by atoms with van der Waals surface area (Å²) in [6.45, 7) is 8.91. The zero-order chi connectivity index (χ0) is 19.0. The molecular formula is C17H32N4O4S. The maximum atomic E-state index is 12.3. The van der Waals surface area contributed by atoms with Crippen LogP contribution in [0.1, 0.15) is 19.0 Å². The molecule has 0 spiro atoms. The minimum atomic E-state index is -3.35. The van der Waals surface area contributed by atoms with Crippen LogP contribution in [0, 0.1) is 0 Å². The van der Waals surface area contributed by atoms with Crippen molar-refractivity contribution in [2.75, 3.05) is 65.9 Å². The van der Waals surface area contributed by atoms with Crippen molar-refractivity contribution >= 4 is 9.84 Å². The van der Waals surface area contributed by atoms with Gasteiger partial charge in [0, 0.05) is 33.3 Å². The van der Waals surface area contributed by atoms with E-state index in [9.17, 15) is 8.42 Å². The standard InChI is InChI=1S/C17H32N4O4S/c1-4-26(22,23)17-18-14-16(21(17)10-11-24-3)15-19(2)6-5-7-20-8-12-25-13-9-20/h14H,4-13,15H2,1-3H3. The Kier molecular flexibility index (Phi) is 8.49. The molecule has 0 atom stereocenters. The SMILES string of the molecule is CCS(=O)(=O)c1ncc(CN(C)CCCN2CCOCC2)n1CCOC. The number of hydrogen-bond donors (Lipinski definition) is 0. The number of hydrogen-bond acceptors (Lipinski definition) is 7. The van der Waals surface area contributed by atoms with E-state index in [4.69, 9.17) is 9.47 Å². The molecule has 0 aromatic carbocycles. The van der Waals surface area contributed by atoms with Crippen LogP contribution in [-0.4, -0.2) is 93.7 Å². The molecular weight excluding hydrogens is 356 g/mol. The van der Waals surface area contributed by atoms with Crippen LogP contribution in [0.5, 0.6) is 0 Å². The molecule has 0 amide bonds. The zero-order valence-corrected chi connectivity index (χ0v) is 17.0. The summed E-state index contributed by atoms with van der Waals surface area (Å²) in [5.74, 6) is 0.0474. The predicted molar refractivity (Wildman–Crippen MR) is 100 cm³/mol. The first-order chi connectivity index (χ1) is 12.5. The van der Waals surface area contributed by atoms with Crippen molar-refractivity contribution < 1.29 is 17.9 Å². The maximum absolute atomic E-state index is 12.3. The van der Waals surface area contributed by atoms with Crippen LogP contribution in [0.25, 0.3) is 0 Å². The number of sulfone groups is 1. The molecule has 8 nitrogen and oxygen atoms in total. The Bertz CT molecular complexity index is 641. The summed E-state index contributed by atoms with van der Waals surface area (Å²) in [5.41, 5.74) is 0.906. The van der Waals surface area contributed by atoms with E-state index in [1.165, 1.54) is 0 Å². The van der Waals surface area contributed by atoms with Gasteiger partial charge in [0.05, 0.1) is 37.5 Å². The molecule has 0 bridgehead atoms. The second-order valence-electron chi connectivity index (χ2n) is 6.63. The first-order valence-electron chi connectivity index (χ1n) is 9.22. The summed E-state index contributed by atoms with van der Waals surface area (Å²) in [6, 6.07) is 0. The first-order valence-corrected chi connectivity index (χ1v) is 10.9. The van der Waals surface area contributed by atoms with E-state index in [0.29, 0.717) is 19.7 Å². The number of imidazole rings is 1. The summed E-state index contributed by atoms with van der Waals surface area (Å²) >= 11 is 0. The number of nitrogens with zero attached hydrogens (tertiary/aromatic N) is 4. The maximum Gasteiger partial charge on any atom is 0.227 e. The van der Waals surface area contributed by atoms with Crippen molar-refractivity contribution in [3.63, 3.8) is 0 Å². The molecule has 2 rings (SSSR count). The molecule has 2 heterocycles. The van der Waals surface area contributed by atoms with E-state index in [1.807, 2.05) is 0 Å². The van der Waals surface area contributed by atoms with Crippen molar-refractivity contribution in [1.82, 2.24) is 19.4 Å². The second kappa shape index (κ2) is 10.4. The van der Waals surface area contributed by atoms with Gasteiger partial charge in [0.15, 0.2) is 0 Å². The highest BCUT2D eigenvalue weighted by Gasteiger charge is 2.22. The van der Waals surface area contributed by atoms with E-state index in [-0.39, 0.29) is 10.9 Å². The zero-order valence-electron chi connectivity index (χ0n) is 16.2. The van der Waals surface area contributed by atoms with E-state index in [2.05, 4.69) is 21.8 Å². The summed E-state index contributed by atoms with van der Waals surface area (Å²) in [6.07, 6.45) is 2.75. The van der Waals surface area contributed by atoms with Gasteiger partial charge in [-0.25, -0.2) is 13.4 Å². The molecule has 9 heteroatoms. The van der Waals surface area contributed by atoms with Crippen molar-refractivity contribution in [1.29, 1.82) is 0 Å². The van der Waals surface area contributed by atoms with Crippen molar-refractivity contribution in [3.8, 4) is 0 Å². The molecule has 0 N–H and O–H groups in total. The van der Waals surface area contributed by atoms with Crippen LogP contribution in [0.15, 0.2) is 11.4 Å². The van der Waals surface area contributed by atoms with Gasteiger partial charge in [-0.1, -0.05) is 6.92 Å². The van der Waals surface area contributed by atoms with E-state index in [0.717, 1.165) is 51.5 Å². The van der Waals surface area contributed by atoms with Gasteiger partial charge in [-0.2, -0.15) is 0 Å². The molecule has 1 aromatic rings. The normalized spacial score (nSPS) is 16.5. The third kappa shape index (κ3) is 6.02. The van der Waals surface area contributed by atoms with Crippen LogP contribution in [0.4, 0.5) is 0 Å². The summed E-state index contributed by atoms with van der Waals surface area (Å²) in [4.78, 5) is 8.82. The molecule has 1 saturated heterocycles. The molecule has 1 aliphatic heterocycles. The number of morpholine rings is 1. The molecule has 0 unspecified atom stereocenters. The lowest BCUT2D eigenvalue weighted by Crippen LogP contribution is -2.37. The van der Waals surface area contributed by atoms with E-state index in [1.54, 1.807) is 24.8 Å². The summed E-state index contributed by atoms with van der Waals surface area (Å²) < 4.78 is 36.8. The van der Waals surface area contributed by atoms with Crippen molar-refractivity contribution in [2.45, 2.75) is 31.6 Å². The minimum Gasteiger partial charge on any atom is -0.383 e. The monoisotopic (exact) mass is 388 g/mol. The minimum absolute atomic E-state index is 0.0474. The van der Waals surface area contributed by atoms with Gasteiger partial charge in [-0.15, -0.1) is 0 Å².